The lowest BCUT2D eigenvalue weighted by Crippen LogP contribution is -2.11. The Morgan fingerprint density at radius 2 is 1.23 bits per heavy atom. The summed E-state index contributed by atoms with van der Waals surface area (Å²) in [6.07, 6.45) is 5.76. The highest BCUT2D eigenvalue weighted by molar-refractivity contribution is 5.86. The van der Waals surface area contributed by atoms with Crippen molar-refractivity contribution in [3.8, 4) is 11.8 Å². The van der Waals surface area contributed by atoms with Crippen molar-refractivity contribution in [2.75, 3.05) is 0 Å². The van der Waals surface area contributed by atoms with E-state index in [1.807, 2.05) is 36.4 Å². The Balaban J connectivity index is 1.51. The van der Waals surface area contributed by atoms with E-state index in [0.717, 1.165) is 60.6 Å². The Morgan fingerprint density at radius 1 is 0.645 bits per heavy atom. The molecule has 2 heteroatoms. The fourth-order valence-electron chi connectivity index (χ4n) is 3.99. The van der Waals surface area contributed by atoms with Crippen molar-refractivity contribution in [3.63, 3.8) is 0 Å². The zero-order valence-electron chi connectivity index (χ0n) is 17.7. The van der Waals surface area contributed by atoms with Gasteiger partial charge in [0.25, 0.3) is 5.56 Å². The zero-order chi connectivity index (χ0) is 21.3. The lowest BCUT2D eigenvalue weighted by atomic mass is 9.97. The van der Waals surface area contributed by atoms with Crippen molar-refractivity contribution >= 4 is 10.8 Å². The molecule has 0 bridgehead atoms. The molecule has 1 aromatic heterocycles. The predicted molar refractivity (Wildman–Crippen MR) is 129 cm³/mol. The average molecular weight is 406 g/mol. The smallest absolute Gasteiger partial charge is 0.256 e. The van der Waals surface area contributed by atoms with Gasteiger partial charge in [0, 0.05) is 11.8 Å². The van der Waals surface area contributed by atoms with Crippen molar-refractivity contribution in [1.82, 2.24) is 4.98 Å². The van der Waals surface area contributed by atoms with Crippen molar-refractivity contribution in [2.24, 2.45) is 0 Å². The summed E-state index contributed by atoms with van der Waals surface area (Å²) in [5, 5.41) is 1.76. The number of benzene rings is 3. The van der Waals surface area contributed by atoms with Gasteiger partial charge in [0.1, 0.15) is 0 Å². The molecule has 4 rings (SSSR count). The molecule has 0 atom stereocenters. The van der Waals surface area contributed by atoms with Crippen molar-refractivity contribution in [1.29, 1.82) is 0 Å². The first-order valence-electron chi connectivity index (χ1n) is 11.0. The van der Waals surface area contributed by atoms with Crippen molar-refractivity contribution in [3.05, 3.63) is 118 Å². The number of nitrogens with one attached hydrogen (secondary N) is 1. The summed E-state index contributed by atoms with van der Waals surface area (Å²) >= 11 is 0. The monoisotopic (exact) mass is 405 g/mol. The molecule has 31 heavy (non-hydrogen) atoms. The van der Waals surface area contributed by atoms with Crippen LogP contribution in [0.5, 0.6) is 0 Å². The Morgan fingerprint density at radius 3 is 1.90 bits per heavy atom. The quantitative estimate of drug-likeness (QED) is 0.293. The molecular weight excluding hydrogens is 378 g/mol. The van der Waals surface area contributed by atoms with Gasteiger partial charge in [0.2, 0.25) is 0 Å². The Hall–Kier alpha value is -3.57. The van der Waals surface area contributed by atoms with E-state index in [-0.39, 0.29) is 5.56 Å². The number of fused-ring (bicyclic) bond motifs is 1. The molecule has 154 valence electrons. The predicted octanol–water partition coefficient (Wildman–Crippen LogP) is 6.08. The molecule has 0 saturated heterocycles. The van der Waals surface area contributed by atoms with Crippen molar-refractivity contribution in [2.45, 2.75) is 38.5 Å². The Labute approximate surface area is 184 Å². The number of aromatic nitrogens is 1. The molecule has 1 N–H and O–H groups in total. The average Bonchev–Trinajstić information content (AvgIpc) is 2.82. The van der Waals surface area contributed by atoms with Crippen LogP contribution in [0, 0.1) is 11.8 Å². The van der Waals surface area contributed by atoms with Crippen LogP contribution in [0.4, 0.5) is 0 Å². The van der Waals surface area contributed by atoms with Gasteiger partial charge in [-0.3, -0.25) is 4.79 Å². The van der Waals surface area contributed by atoms with E-state index in [4.69, 9.17) is 0 Å². The minimum absolute atomic E-state index is 0.0593. The fourth-order valence-corrected chi connectivity index (χ4v) is 3.99. The van der Waals surface area contributed by atoms with Crippen LogP contribution in [0.25, 0.3) is 10.8 Å². The molecule has 2 nitrogen and oxygen atoms in total. The normalized spacial score (nSPS) is 10.6. The molecule has 0 radical (unpaired) electrons. The number of hydrogen-bond donors (Lipinski definition) is 1. The molecule has 0 amide bonds. The van der Waals surface area contributed by atoms with E-state index < -0.39 is 0 Å². The SMILES string of the molecule is O=c1[nH]c(C#CCCCc2ccccc2)c(CCCc2ccccc2)c2ccccc12. The summed E-state index contributed by atoms with van der Waals surface area (Å²) in [7, 11) is 0. The summed E-state index contributed by atoms with van der Waals surface area (Å²) in [6.45, 7) is 0. The summed E-state index contributed by atoms with van der Waals surface area (Å²) in [5.41, 5.74) is 4.55. The third-order valence-corrected chi connectivity index (χ3v) is 5.60. The van der Waals surface area contributed by atoms with Crippen LogP contribution in [0.15, 0.2) is 89.7 Å². The molecule has 0 fully saturated rings. The van der Waals surface area contributed by atoms with Gasteiger partial charge in [0.05, 0.1) is 5.69 Å². The molecule has 0 aliphatic rings. The van der Waals surface area contributed by atoms with Crippen LogP contribution in [0.1, 0.15) is 41.6 Å². The second-order valence-corrected chi connectivity index (χ2v) is 7.83. The molecule has 0 saturated carbocycles. The second-order valence-electron chi connectivity index (χ2n) is 7.83. The van der Waals surface area contributed by atoms with Crippen LogP contribution < -0.4 is 5.56 Å². The molecule has 4 aromatic rings. The van der Waals surface area contributed by atoms with Gasteiger partial charge in [0.15, 0.2) is 0 Å². The Bertz CT molecular complexity index is 1240. The molecule has 3 aromatic carbocycles. The summed E-state index contributed by atoms with van der Waals surface area (Å²) in [5.74, 6) is 6.57. The van der Waals surface area contributed by atoms with Crippen LogP contribution in [0.3, 0.4) is 0 Å². The van der Waals surface area contributed by atoms with Gasteiger partial charge in [-0.1, -0.05) is 84.8 Å². The van der Waals surface area contributed by atoms with Crippen LogP contribution in [-0.2, 0) is 19.3 Å². The molecule has 0 spiro atoms. The van der Waals surface area contributed by atoms with E-state index in [1.54, 1.807) is 0 Å². The maximum absolute atomic E-state index is 12.6. The number of hydrogen-bond acceptors (Lipinski definition) is 1. The number of unbranched alkanes of at least 4 members (excludes halogenated alkanes) is 1. The van der Waals surface area contributed by atoms with E-state index in [2.05, 4.69) is 65.4 Å². The number of rotatable bonds is 7. The lowest BCUT2D eigenvalue weighted by Gasteiger charge is -2.09. The minimum atomic E-state index is -0.0593. The van der Waals surface area contributed by atoms with Gasteiger partial charge in [-0.15, -0.1) is 0 Å². The summed E-state index contributed by atoms with van der Waals surface area (Å²) < 4.78 is 0. The highest BCUT2D eigenvalue weighted by Crippen LogP contribution is 2.20. The van der Waals surface area contributed by atoms with E-state index in [0.29, 0.717) is 0 Å². The van der Waals surface area contributed by atoms with Gasteiger partial charge in [-0.05, 0) is 66.2 Å². The largest absolute Gasteiger partial charge is 0.315 e. The number of aromatic amines is 1. The third kappa shape index (κ3) is 5.53. The highest BCUT2D eigenvalue weighted by Gasteiger charge is 2.10. The summed E-state index contributed by atoms with van der Waals surface area (Å²) in [4.78, 5) is 15.6. The van der Waals surface area contributed by atoms with E-state index in [1.165, 1.54) is 11.1 Å². The minimum Gasteiger partial charge on any atom is -0.315 e. The zero-order valence-corrected chi connectivity index (χ0v) is 17.7. The number of pyridine rings is 1. The van der Waals surface area contributed by atoms with Gasteiger partial charge in [-0.2, -0.15) is 0 Å². The molecule has 0 aliphatic heterocycles. The molecule has 0 unspecified atom stereocenters. The number of H-pyrrole nitrogens is 1. The van der Waals surface area contributed by atoms with Crippen LogP contribution in [-0.4, -0.2) is 4.98 Å². The maximum Gasteiger partial charge on any atom is 0.256 e. The fraction of sp³-hybridized carbons (Fsp3) is 0.207. The molecule has 0 aliphatic carbocycles. The van der Waals surface area contributed by atoms with Crippen LogP contribution >= 0.6 is 0 Å². The maximum atomic E-state index is 12.6. The van der Waals surface area contributed by atoms with Crippen molar-refractivity contribution < 1.29 is 0 Å². The molecular formula is C29H27NO. The second kappa shape index (κ2) is 10.5. The first-order valence-corrected chi connectivity index (χ1v) is 11.0. The Kier molecular flexibility index (Phi) is 6.98. The standard InChI is InChI=1S/C29H27NO/c31-29-27-20-11-10-19-25(27)26(21-12-18-24-16-6-2-7-17-24)28(30-29)22-9-3-8-15-23-13-4-1-5-14-23/h1-2,4-7,10-11,13-14,16-17,19-20H,3,8,12,15,18,21H2,(H,30,31). The van der Waals surface area contributed by atoms with Gasteiger partial charge < -0.3 is 4.98 Å². The highest BCUT2D eigenvalue weighted by atomic mass is 16.1. The topological polar surface area (TPSA) is 32.9 Å². The van der Waals surface area contributed by atoms with E-state index in [9.17, 15) is 4.79 Å². The van der Waals surface area contributed by atoms with Gasteiger partial charge in [-0.25, -0.2) is 0 Å². The first kappa shape index (κ1) is 20.7. The lowest BCUT2D eigenvalue weighted by molar-refractivity contribution is 0.819. The van der Waals surface area contributed by atoms with Gasteiger partial charge >= 0.3 is 0 Å². The van der Waals surface area contributed by atoms with E-state index >= 15 is 0 Å². The number of aryl methyl sites for hydroxylation is 3. The summed E-state index contributed by atoms with van der Waals surface area (Å²) in [6, 6.07) is 28.9. The van der Waals surface area contributed by atoms with Crippen LogP contribution in [0.2, 0.25) is 0 Å². The third-order valence-electron chi connectivity index (χ3n) is 5.60. The molecule has 1 heterocycles. The first-order chi connectivity index (χ1) is 15.3.